The number of hydrogen-bond acceptors (Lipinski definition) is 0. The van der Waals surface area contributed by atoms with Gasteiger partial charge in [-0.2, -0.15) is 0 Å². The number of halogens is 1. The maximum atomic E-state index is 6.56. The largest absolute Gasteiger partial charge is 0.122 e. The lowest BCUT2D eigenvalue weighted by molar-refractivity contribution is 0.541. The minimum atomic E-state index is 0.323. The van der Waals surface area contributed by atoms with E-state index in [-0.39, 0.29) is 0 Å². The summed E-state index contributed by atoms with van der Waals surface area (Å²) in [7, 11) is 0. The molecule has 0 amide bonds. The first kappa shape index (κ1) is 12.0. The first-order valence-corrected chi connectivity index (χ1v) is 6.98. The van der Waals surface area contributed by atoms with Crippen LogP contribution in [0.3, 0.4) is 0 Å². The van der Waals surface area contributed by atoms with Crippen LogP contribution in [0.2, 0.25) is 0 Å². The van der Waals surface area contributed by atoms with E-state index in [1.54, 1.807) is 0 Å². The number of aryl methyl sites for hydroxylation is 1. The fourth-order valence-corrected chi connectivity index (χ4v) is 3.29. The molecule has 0 aromatic heterocycles. The average Bonchev–Trinajstić information content (AvgIpc) is 2.51. The van der Waals surface area contributed by atoms with Gasteiger partial charge in [0, 0.05) is 11.3 Å². The Morgan fingerprint density at radius 2 is 2.12 bits per heavy atom. The Kier molecular flexibility index (Phi) is 4.29. The summed E-state index contributed by atoms with van der Waals surface area (Å²) in [6, 6.07) is 8.89. The number of rotatable bonds is 3. The van der Waals surface area contributed by atoms with Crippen molar-refractivity contribution >= 4 is 11.6 Å². The van der Waals surface area contributed by atoms with Gasteiger partial charge in [0.05, 0.1) is 0 Å². The van der Waals surface area contributed by atoms with E-state index in [0.29, 0.717) is 11.3 Å². The summed E-state index contributed by atoms with van der Waals surface area (Å²) in [6.07, 6.45) is 7.48. The average molecular weight is 237 g/mol. The Bertz CT molecular complexity index is 332. The number of alkyl halides is 1. The molecule has 0 saturated heterocycles. The van der Waals surface area contributed by atoms with E-state index in [0.717, 1.165) is 6.42 Å². The Morgan fingerprint density at radius 1 is 1.31 bits per heavy atom. The van der Waals surface area contributed by atoms with Gasteiger partial charge in [0.2, 0.25) is 0 Å². The molecular formula is C15H21Cl. The quantitative estimate of drug-likeness (QED) is 0.517. The zero-order valence-electron chi connectivity index (χ0n) is 10.1. The van der Waals surface area contributed by atoms with Crippen LogP contribution in [0.4, 0.5) is 0 Å². The summed E-state index contributed by atoms with van der Waals surface area (Å²) in [5.41, 5.74) is 3.06. The van der Waals surface area contributed by atoms with Crippen molar-refractivity contribution < 1.29 is 0 Å². The molecule has 0 nitrogen and oxygen atoms in total. The van der Waals surface area contributed by atoms with Gasteiger partial charge < -0.3 is 0 Å². The van der Waals surface area contributed by atoms with Gasteiger partial charge in [-0.15, -0.1) is 11.6 Å². The van der Waals surface area contributed by atoms with Gasteiger partial charge in [0.15, 0.2) is 0 Å². The van der Waals surface area contributed by atoms with E-state index in [2.05, 4.69) is 31.2 Å². The fourth-order valence-electron chi connectivity index (χ4n) is 2.81. The summed E-state index contributed by atoms with van der Waals surface area (Å²) in [6.45, 7) is 2.22. The highest BCUT2D eigenvalue weighted by molar-refractivity contribution is 6.21. The summed E-state index contributed by atoms with van der Waals surface area (Å²) in [5, 5.41) is 0.323. The third-order valence-electron chi connectivity index (χ3n) is 3.67. The maximum absolute atomic E-state index is 6.56. The molecule has 0 fully saturated rings. The summed E-state index contributed by atoms with van der Waals surface area (Å²) in [4.78, 5) is 0. The first-order chi connectivity index (χ1) is 7.83. The monoisotopic (exact) mass is 236 g/mol. The van der Waals surface area contributed by atoms with E-state index in [1.807, 2.05) is 0 Å². The molecule has 1 aliphatic carbocycles. The lowest BCUT2D eigenvalue weighted by Gasteiger charge is -2.22. The van der Waals surface area contributed by atoms with Gasteiger partial charge in [-0.05, 0) is 36.8 Å². The number of fused-ring (bicyclic) bond motifs is 1. The molecule has 0 bridgehead atoms. The van der Waals surface area contributed by atoms with Crippen molar-refractivity contribution in [2.75, 3.05) is 0 Å². The van der Waals surface area contributed by atoms with Crippen LogP contribution in [-0.2, 0) is 6.42 Å². The molecule has 1 aromatic carbocycles. The zero-order chi connectivity index (χ0) is 11.4. The van der Waals surface area contributed by atoms with Crippen molar-refractivity contribution in [2.24, 2.45) is 0 Å². The fraction of sp³-hybridized carbons (Fsp3) is 0.600. The van der Waals surface area contributed by atoms with Crippen molar-refractivity contribution in [3.05, 3.63) is 35.4 Å². The Hall–Kier alpha value is -0.490. The summed E-state index contributed by atoms with van der Waals surface area (Å²) < 4.78 is 0. The van der Waals surface area contributed by atoms with Crippen molar-refractivity contribution in [2.45, 2.75) is 56.7 Å². The molecule has 0 saturated carbocycles. The van der Waals surface area contributed by atoms with Crippen molar-refractivity contribution in [3.63, 3.8) is 0 Å². The van der Waals surface area contributed by atoms with Gasteiger partial charge in [0.1, 0.15) is 0 Å². The lowest BCUT2D eigenvalue weighted by Crippen LogP contribution is -2.13. The van der Waals surface area contributed by atoms with Crippen LogP contribution in [0.15, 0.2) is 24.3 Å². The van der Waals surface area contributed by atoms with Crippen LogP contribution >= 0.6 is 11.6 Å². The van der Waals surface area contributed by atoms with Gasteiger partial charge in [0.25, 0.3) is 0 Å². The SMILES string of the molecule is CCCC(Cl)C1CCCCc2ccccc21. The molecule has 1 heteroatoms. The van der Waals surface area contributed by atoms with Crippen LogP contribution in [0.5, 0.6) is 0 Å². The predicted octanol–water partition coefficient (Wildman–Crippen LogP) is 4.90. The van der Waals surface area contributed by atoms with E-state index in [9.17, 15) is 0 Å². The lowest BCUT2D eigenvalue weighted by atomic mass is 9.88. The van der Waals surface area contributed by atoms with Crippen molar-refractivity contribution in [3.8, 4) is 0 Å². The molecule has 0 N–H and O–H groups in total. The van der Waals surface area contributed by atoms with Crippen molar-refractivity contribution in [1.82, 2.24) is 0 Å². The first-order valence-electron chi connectivity index (χ1n) is 6.54. The van der Waals surface area contributed by atoms with E-state index < -0.39 is 0 Å². The third kappa shape index (κ3) is 2.60. The molecule has 2 unspecified atom stereocenters. The molecule has 88 valence electrons. The molecule has 1 aliphatic rings. The van der Waals surface area contributed by atoms with Crippen molar-refractivity contribution in [1.29, 1.82) is 0 Å². The van der Waals surface area contributed by atoms with E-state index in [4.69, 9.17) is 11.6 Å². The zero-order valence-corrected chi connectivity index (χ0v) is 10.8. The molecule has 0 heterocycles. The predicted molar refractivity (Wildman–Crippen MR) is 71.3 cm³/mol. The highest BCUT2D eigenvalue weighted by atomic mass is 35.5. The second kappa shape index (κ2) is 5.72. The molecule has 0 aliphatic heterocycles. The highest BCUT2D eigenvalue weighted by Gasteiger charge is 2.24. The maximum Gasteiger partial charge on any atom is 0.0404 e. The van der Waals surface area contributed by atoms with Gasteiger partial charge in [-0.3, -0.25) is 0 Å². The van der Waals surface area contributed by atoms with E-state index in [1.165, 1.54) is 43.2 Å². The normalized spacial score (nSPS) is 22.2. The second-order valence-corrected chi connectivity index (χ2v) is 5.42. The molecule has 0 radical (unpaired) electrons. The van der Waals surface area contributed by atoms with Crippen LogP contribution in [0.25, 0.3) is 0 Å². The number of hydrogen-bond donors (Lipinski definition) is 0. The Morgan fingerprint density at radius 3 is 2.94 bits per heavy atom. The Labute approximate surface area is 104 Å². The molecule has 1 aromatic rings. The second-order valence-electron chi connectivity index (χ2n) is 4.86. The third-order valence-corrected chi connectivity index (χ3v) is 4.19. The van der Waals surface area contributed by atoms with Gasteiger partial charge >= 0.3 is 0 Å². The van der Waals surface area contributed by atoms with Gasteiger partial charge in [-0.25, -0.2) is 0 Å². The minimum absolute atomic E-state index is 0.323. The molecule has 2 rings (SSSR count). The molecule has 0 spiro atoms. The smallest absolute Gasteiger partial charge is 0.0404 e. The van der Waals surface area contributed by atoms with E-state index >= 15 is 0 Å². The van der Waals surface area contributed by atoms with Crippen LogP contribution in [0.1, 0.15) is 56.1 Å². The Balaban J connectivity index is 2.25. The standard InChI is InChI=1S/C15H21Cl/c1-2-7-15(16)14-11-6-4-9-12-8-3-5-10-13(12)14/h3,5,8,10,14-15H,2,4,6-7,9,11H2,1H3. The minimum Gasteiger partial charge on any atom is -0.122 e. The van der Waals surface area contributed by atoms with Crippen LogP contribution in [0, 0.1) is 0 Å². The van der Waals surface area contributed by atoms with Crippen LogP contribution < -0.4 is 0 Å². The summed E-state index contributed by atoms with van der Waals surface area (Å²) in [5.74, 6) is 0.584. The van der Waals surface area contributed by atoms with Gasteiger partial charge in [-0.1, -0.05) is 44.0 Å². The molecule has 16 heavy (non-hydrogen) atoms. The topological polar surface area (TPSA) is 0 Å². The number of benzene rings is 1. The molecule has 2 atom stereocenters. The van der Waals surface area contributed by atoms with Crippen LogP contribution in [-0.4, -0.2) is 5.38 Å². The highest BCUT2D eigenvalue weighted by Crippen LogP contribution is 2.36. The summed E-state index contributed by atoms with van der Waals surface area (Å²) >= 11 is 6.56. The molecular weight excluding hydrogens is 216 g/mol.